The summed E-state index contributed by atoms with van der Waals surface area (Å²) in [7, 11) is 0. The van der Waals surface area contributed by atoms with Crippen molar-refractivity contribution in [3.8, 4) is 0 Å². The van der Waals surface area contributed by atoms with E-state index in [1.54, 1.807) is 0 Å². The Balaban J connectivity index is 1.62. The van der Waals surface area contributed by atoms with Crippen molar-refractivity contribution in [2.75, 3.05) is 39.3 Å². The summed E-state index contributed by atoms with van der Waals surface area (Å²) in [6.07, 6.45) is 0. The van der Waals surface area contributed by atoms with Gasteiger partial charge in [0.2, 0.25) is 0 Å². The molecule has 0 atom stereocenters. The lowest BCUT2D eigenvalue weighted by molar-refractivity contribution is 0.108. The van der Waals surface area contributed by atoms with Crippen LogP contribution in [0.4, 0.5) is 0 Å². The van der Waals surface area contributed by atoms with Crippen molar-refractivity contribution in [2.45, 2.75) is 13.5 Å². The zero-order chi connectivity index (χ0) is 13.9. The van der Waals surface area contributed by atoms with E-state index in [-0.39, 0.29) is 6.61 Å². The molecule has 2 aromatic rings. The maximum atomic E-state index is 8.96. The topological polar surface area (TPSA) is 39.9 Å². The fourth-order valence-corrected chi connectivity index (χ4v) is 2.89. The Morgan fingerprint density at radius 3 is 2.60 bits per heavy atom. The quantitative estimate of drug-likeness (QED) is 0.923. The molecule has 0 unspecified atom stereocenters. The molecule has 0 aliphatic carbocycles. The molecule has 1 N–H and O–H groups in total. The van der Waals surface area contributed by atoms with Gasteiger partial charge in [0.25, 0.3) is 0 Å². The Kier molecular flexibility index (Phi) is 4.05. The summed E-state index contributed by atoms with van der Waals surface area (Å²) in [6, 6.07) is 8.55. The number of hydrogen-bond donors (Lipinski definition) is 1. The van der Waals surface area contributed by atoms with Crippen LogP contribution in [-0.4, -0.2) is 54.2 Å². The fraction of sp³-hybridized carbons (Fsp3) is 0.500. The molecule has 4 heteroatoms. The number of rotatable bonds is 4. The van der Waals surface area contributed by atoms with E-state index < -0.39 is 0 Å². The van der Waals surface area contributed by atoms with E-state index >= 15 is 0 Å². The number of aliphatic hydroxyl groups excluding tert-OH is 1. The van der Waals surface area contributed by atoms with Gasteiger partial charge in [-0.2, -0.15) is 0 Å². The summed E-state index contributed by atoms with van der Waals surface area (Å²) < 4.78 is 5.61. The van der Waals surface area contributed by atoms with Gasteiger partial charge in [0, 0.05) is 44.7 Å². The second-order valence-corrected chi connectivity index (χ2v) is 5.57. The number of β-amino-alcohol motifs (C(OH)–C–C–N with tert-alkyl or cyclic N) is 1. The molecule has 108 valence electrons. The van der Waals surface area contributed by atoms with Gasteiger partial charge in [0.1, 0.15) is 11.3 Å². The minimum Gasteiger partial charge on any atom is -0.461 e. The maximum Gasteiger partial charge on any atom is 0.134 e. The number of piperazine rings is 1. The molecule has 1 aliphatic rings. The van der Waals surface area contributed by atoms with Crippen molar-refractivity contribution in [1.82, 2.24) is 9.80 Å². The fourth-order valence-electron chi connectivity index (χ4n) is 2.89. The van der Waals surface area contributed by atoms with Gasteiger partial charge >= 0.3 is 0 Å². The Morgan fingerprint density at radius 2 is 1.85 bits per heavy atom. The standard InChI is InChI=1S/C16H22N2O2/c1-13-10-15-11-14(2-3-16(15)20-13)12-18-6-4-17(5-7-18)8-9-19/h2-3,10-11,19H,4-9,12H2,1H3. The third kappa shape index (κ3) is 3.03. The first-order valence-electron chi connectivity index (χ1n) is 7.29. The monoisotopic (exact) mass is 274 g/mol. The number of aliphatic hydroxyl groups is 1. The molecule has 20 heavy (non-hydrogen) atoms. The molecule has 0 radical (unpaired) electrons. The molecule has 1 aliphatic heterocycles. The summed E-state index contributed by atoms with van der Waals surface area (Å²) >= 11 is 0. The SMILES string of the molecule is Cc1cc2cc(CN3CCN(CCO)CC3)ccc2o1. The number of aryl methyl sites for hydroxylation is 1. The summed E-state index contributed by atoms with van der Waals surface area (Å²) in [6.45, 7) is 8.28. The van der Waals surface area contributed by atoms with Crippen LogP contribution in [0.1, 0.15) is 11.3 Å². The number of benzene rings is 1. The molecule has 3 rings (SSSR count). The van der Waals surface area contributed by atoms with Crippen LogP contribution in [0.25, 0.3) is 11.0 Å². The molecule has 0 bridgehead atoms. The van der Waals surface area contributed by atoms with Crippen LogP contribution in [0.3, 0.4) is 0 Å². The zero-order valence-electron chi connectivity index (χ0n) is 12.0. The Morgan fingerprint density at radius 1 is 1.10 bits per heavy atom. The van der Waals surface area contributed by atoms with Crippen LogP contribution in [-0.2, 0) is 6.54 Å². The minimum atomic E-state index is 0.260. The molecular formula is C16H22N2O2. The highest BCUT2D eigenvalue weighted by atomic mass is 16.3. The van der Waals surface area contributed by atoms with Gasteiger partial charge in [-0.05, 0) is 30.7 Å². The average Bonchev–Trinajstić information content (AvgIpc) is 2.81. The van der Waals surface area contributed by atoms with Crippen LogP contribution in [0.2, 0.25) is 0 Å². The highest BCUT2D eigenvalue weighted by Gasteiger charge is 2.16. The van der Waals surface area contributed by atoms with E-state index in [1.807, 2.05) is 6.92 Å². The second-order valence-electron chi connectivity index (χ2n) is 5.57. The van der Waals surface area contributed by atoms with Crippen LogP contribution < -0.4 is 0 Å². The highest BCUT2D eigenvalue weighted by molar-refractivity contribution is 5.78. The lowest BCUT2D eigenvalue weighted by Gasteiger charge is -2.34. The third-order valence-electron chi connectivity index (χ3n) is 3.99. The van der Waals surface area contributed by atoms with Gasteiger partial charge in [-0.15, -0.1) is 0 Å². The molecule has 1 saturated heterocycles. The van der Waals surface area contributed by atoms with Gasteiger partial charge in [0.05, 0.1) is 6.61 Å². The van der Waals surface area contributed by atoms with Crippen molar-refractivity contribution in [2.24, 2.45) is 0 Å². The smallest absolute Gasteiger partial charge is 0.134 e. The molecule has 1 aromatic heterocycles. The summed E-state index contributed by atoms with van der Waals surface area (Å²) in [4.78, 5) is 4.79. The maximum absolute atomic E-state index is 8.96. The highest BCUT2D eigenvalue weighted by Crippen LogP contribution is 2.21. The number of fused-ring (bicyclic) bond motifs is 1. The molecule has 0 saturated carbocycles. The third-order valence-corrected chi connectivity index (χ3v) is 3.99. The van der Waals surface area contributed by atoms with Gasteiger partial charge < -0.3 is 9.52 Å². The van der Waals surface area contributed by atoms with E-state index in [1.165, 1.54) is 10.9 Å². The number of hydrogen-bond acceptors (Lipinski definition) is 4. The van der Waals surface area contributed by atoms with Gasteiger partial charge in [0.15, 0.2) is 0 Å². The molecule has 1 fully saturated rings. The van der Waals surface area contributed by atoms with Gasteiger partial charge in [-0.1, -0.05) is 6.07 Å². The van der Waals surface area contributed by atoms with Crippen molar-refractivity contribution in [1.29, 1.82) is 0 Å². The Hall–Kier alpha value is -1.36. The first-order chi connectivity index (χ1) is 9.74. The van der Waals surface area contributed by atoms with Crippen LogP contribution in [0, 0.1) is 6.92 Å². The van der Waals surface area contributed by atoms with Gasteiger partial charge in [-0.3, -0.25) is 9.80 Å². The molecule has 0 amide bonds. The summed E-state index contributed by atoms with van der Waals surface area (Å²) in [5.74, 6) is 0.967. The lowest BCUT2D eigenvalue weighted by atomic mass is 10.1. The lowest BCUT2D eigenvalue weighted by Crippen LogP contribution is -2.46. The van der Waals surface area contributed by atoms with Crippen molar-refractivity contribution in [3.63, 3.8) is 0 Å². The van der Waals surface area contributed by atoms with Crippen molar-refractivity contribution >= 4 is 11.0 Å². The Labute approximate surface area is 119 Å². The van der Waals surface area contributed by atoms with E-state index in [2.05, 4.69) is 34.1 Å². The predicted octanol–water partition coefficient (Wildman–Crippen LogP) is 1.85. The zero-order valence-corrected chi connectivity index (χ0v) is 12.0. The second kappa shape index (κ2) is 5.95. The normalized spacial score (nSPS) is 17.9. The minimum absolute atomic E-state index is 0.260. The number of furan rings is 1. The molecule has 2 heterocycles. The van der Waals surface area contributed by atoms with Crippen LogP contribution in [0.5, 0.6) is 0 Å². The van der Waals surface area contributed by atoms with Crippen molar-refractivity contribution < 1.29 is 9.52 Å². The van der Waals surface area contributed by atoms with E-state index in [0.717, 1.165) is 50.6 Å². The molecule has 4 nitrogen and oxygen atoms in total. The first kappa shape index (κ1) is 13.6. The summed E-state index contributed by atoms with van der Waals surface area (Å²) in [5.41, 5.74) is 2.31. The molecule has 1 aromatic carbocycles. The predicted molar refractivity (Wildman–Crippen MR) is 79.8 cm³/mol. The summed E-state index contributed by atoms with van der Waals surface area (Å²) in [5, 5.41) is 10.2. The Bertz CT molecular complexity index is 571. The largest absolute Gasteiger partial charge is 0.461 e. The van der Waals surface area contributed by atoms with Gasteiger partial charge in [-0.25, -0.2) is 0 Å². The van der Waals surface area contributed by atoms with Crippen molar-refractivity contribution in [3.05, 3.63) is 35.6 Å². The van der Waals surface area contributed by atoms with E-state index in [0.29, 0.717) is 0 Å². The first-order valence-corrected chi connectivity index (χ1v) is 7.29. The van der Waals surface area contributed by atoms with Crippen LogP contribution in [0.15, 0.2) is 28.7 Å². The van der Waals surface area contributed by atoms with E-state index in [9.17, 15) is 0 Å². The van der Waals surface area contributed by atoms with E-state index in [4.69, 9.17) is 9.52 Å². The average molecular weight is 274 g/mol. The number of nitrogens with zero attached hydrogens (tertiary/aromatic N) is 2. The van der Waals surface area contributed by atoms with Crippen LogP contribution >= 0.6 is 0 Å². The molecular weight excluding hydrogens is 252 g/mol. The molecule has 0 spiro atoms.